The molecule has 1 amide bonds. The summed E-state index contributed by atoms with van der Waals surface area (Å²) in [5, 5.41) is 52.4. The van der Waals surface area contributed by atoms with Crippen LogP contribution in [0.5, 0.6) is 0 Å². The van der Waals surface area contributed by atoms with Crippen LogP contribution >= 0.6 is 0 Å². The van der Waals surface area contributed by atoms with Crippen LogP contribution in [0.15, 0.2) is 33.9 Å². The first kappa shape index (κ1) is 28.0. The number of aliphatic imine (C=N–C) groups is 2. The molecule has 2 heterocycles. The fraction of sp³-hybridized carbons (Fsp3) is 0.579. The zero-order valence-corrected chi connectivity index (χ0v) is 18.8. The van der Waals surface area contributed by atoms with Gasteiger partial charge in [0.1, 0.15) is 24.7 Å². The van der Waals surface area contributed by atoms with Gasteiger partial charge in [-0.25, -0.2) is 9.79 Å². The van der Waals surface area contributed by atoms with E-state index in [0.717, 1.165) is 0 Å². The van der Waals surface area contributed by atoms with E-state index in [9.17, 15) is 30.0 Å². The molecule has 0 spiro atoms. The fourth-order valence-electron chi connectivity index (χ4n) is 3.47. The molecule has 6 unspecified atom stereocenters. The van der Waals surface area contributed by atoms with Crippen molar-refractivity contribution >= 4 is 23.7 Å². The van der Waals surface area contributed by atoms with Gasteiger partial charge in [-0.2, -0.15) is 0 Å². The lowest BCUT2D eigenvalue weighted by atomic mass is 9.84. The number of rotatable bonds is 11. The average Bonchev–Trinajstić information content (AvgIpc) is 2.82. The number of hydrogen-bond acceptors (Lipinski definition) is 12. The molecule has 16 heteroatoms. The number of hydrogen-bond donors (Lipinski definition) is 10. The molecule has 0 aromatic rings. The number of amidine groups is 1. The van der Waals surface area contributed by atoms with Crippen LogP contribution in [-0.2, 0) is 14.3 Å². The van der Waals surface area contributed by atoms with Crippen molar-refractivity contribution in [2.45, 2.75) is 42.5 Å². The summed E-state index contributed by atoms with van der Waals surface area (Å²) in [7, 11) is 0. The molecule has 0 saturated carbocycles. The highest BCUT2D eigenvalue weighted by atomic mass is 16.5. The highest BCUT2D eigenvalue weighted by Crippen LogP contribution is 2.30. The summed E-state index contributed by atoms with van der Waals surface area (Å²) in [6.07, 6.45) is -0.625. The van der Waals surface area contributed by atoms with Crippen molar-refractivity contribution in [2.75, 3.05) is 26.4 Å². The van der Waals surface area contributed by atoms with Gasteiger partial charge in [-0.1, -0.05) is 6.08 Å². The quantitative estimate of drug-likeness (QED) is 0.0720. The van der Waals surface area contributed by atoms with Gasteiger partial charge in [0, 0.05) is 18.2 Å². The fourth-order valence-corrected chi connectivity index (χ4v) is 3.47. The van der Waals surface area contributed by atoms with Crippen LogP contribution in [0.3, 0.4) is 0 Å². The Morgan fingerprint density at radius 1 is 1.34 bits per heavy atom. The SMILES string of the molecule is NC(N)=NCC(O)CC(O)(C(=O)O)C1OC(N2C=C(CO)C(N)=NC2)C=CC1NC(=O)C(N)CO. The molecule has 196 valence electrons. The topological polar surface area (TPSA) is 289 Å². The van der Waals surface area contributed by atoms with Crippen LogP contribution in [0.2, 0.25) is 0 Å². The van der Waals surface area contributed by atoms with Crippen LogP contribution in [0.4, 0.5) is 0 Å². The monoisotopic (exact) mass is 500 g/mol. The van der Waals surface area contributed by atoms with E-state index in [2.05, 4.69) is 15.3 Å². The molecule has 2 aliphatic heterocycles. The Morgan fingerprint density at radius 2 is 2.03 bits per heavy atom. The van der Waals surface area contributed by atoms with E-state index < -0.39 is 74.2 Å². The molecule has 35 heavy (non-hydrogen) atoms. The highest BCUT2D eigenvalue weighted by molar-refractivity contribution is 5.97. The van der Waals surface area contributed by atoms with E-state index in [1.165, 1.54) is 23.3 Å². The number of aliphatic hydroxyl groups is 4. The third-order valence-electron chi connectivity index (χ3n) is 5.36. The van der Waals surface area contributed by atoms with Crippen molar-refractivity contribution in [1.29, 1.82) is 0 Å². The number of carboxylic acids is 1. The van der Waals surface area contributed by atoms with Crippen LogP contribution in [0.25, 0.3) is 0 Å². The van der Waals surface area contributed by atoms with Crippen molar-refractivity contribution in [2.24, 2.45) is 32.9 Å². The third kappa shape index (κ3) is 6.87. The maximum atomic E-state index is 12.3. The summed E-state index contributed by atoms with van der Waals surface area (Å²) >= 11 is 0. The Kier molecular flexibility index (Phi) is 9.52. The molecule has 0 aliphatic carbocycles. The van der Waals surface area contributed by atoms with Crippen molar-refractivity contribution < 1.29 is 39.9 Å². The number of aliphatic hydroxyl groups excluding tert-OH is 3. The lowest BCUT2D eigenvalue weighted by Gasteiger charge is -2.44. The second-order valence-electron chi connectivity index (χ2n) is 8.02. The Labute approximate surface area is 200 Å². The number of nitrogens with zero attached hydrogens (tertiary/aromatic N) is 3. The van der Waals surface area contributed by atoms with Gasteiger partial charge in [-0.3, -0.25) is 9.79 Å². The number of amides is 1. The van der Waals surface area contributed by atoms with E-state index in [1.54, 1.807) is 0 Å². The third-order valence-corrected chi connectivity index (χ3v) is 5.36. The summed E-state index contributed by atoms with van der Waals surface area (Å²) in [6.45, 7) is -1.51. The maximum Gasteiger partial charge on any atom is 0.338 e. The minimum Gasteiger partial charge on any atom is -0.479 e. The molecule has 14 N–H and O–H groups in total. The first-order valence-corrected chi connectivity index (χ1v) is 10.5. The zero-order chi connectivity index (χ0) is 26.3. The van der Waals surface area contributed by atoms with E-state index in [0.29, 0.717) is 0 Å². The summed E-state index contributed by atoms with van der Waals surface area (Å²) in [5.74, 6) is -2.81. The Hall–Kier alpha value is -3.28. The van der Waals surface area contributed by atoms with Gasteiger partial charge in [-0.15, -0.1) is 0 Å². The maximum absolute atomic E-state index is 12.3. The summed E-state index contributed by atoms with van der Waals surface area (Å²) in [6, 6.07) is -2.55. The number of nitrogens with one attached hydrogen (secondary N) is 1. The van der Waals surface area contributed by atoms with Crippen molar-refractivity contribution in [3.8, 4) is 0 Å². The molecule has 2 rings (SSSR count). The lowest BCUT2D eigenvalue weighted by Crippen LogP contribution is -2.64. The van der Waals surface area contributed by atoms with Crippen LogP contribution < -0.4 is 28.3 Å². The van der Waals surface area contributed by atoms with Gasteiger partial charge >= 0.3 is 5.97 Å². The molecular weight excluding hydrogens is 468 g/mol. The molecule has 0 fully saturated rings. The Morgan fingerprint density at radius 3 is 2.60 bits per heavy atom. The first-order chi connectivity index (χ1) is 16.4. The van der Waals surface area contributed by atoms with Crippen molar-refractivity contribution in [1.82, 2.24) is 10.2 Å². The van der Waals surface area contributed by atoms with Gasteiger partial charge in [0.2, 0.25) is 5.91 Å². The summed E-state index contributed by atoms with van der Waals surface area (Å²) in [4.78, 5) is 33.7. The first-order valence-electron chi connectivity index (χ1n) is 10.5. The summed E-state index contributed by atoms with van der Waals surface area (Å²) in [5.41, 5.74) is 19.3. The number of carbonyl (C=O) groups excluding carboxylic acids is 1. The molecule has 0 aromatic carbocycles. The molecule has 0 aromatic heterocycles. The van der Waals surface area contributed by atoms with Gasteiger partial charge in [0.05, 0.1) is 31.9 Å². The standard InChI is InChI=1S/C19H32N8O8/c20-11(7-29)16(31)26-12-1-2-13(27-5-9(6-28)15(21)25-8-27)35-14(12)19(34,17(32)33)3-10(30)4-24-18(22)23/h1-2,5,10-14,28-30,34H,3-4,6-8,20H2,(H2,21,25)(H,26,31)(H,32,33)(H4,22,23,24). The average molecular weight is 501 g/mol. The van der Waals surface area contributed by atoms with E-state index in [1.807, 2.05) is 0 Å². The molecule has 0 saturated heterocycles. The van der Waals surface area contributed by atoms with Gasteiger partial charge in [0.25, 0.3) is 0 Å². The molecule has 16 nitrogen and oxygen atoms in total. The smallest absolute Gasteiger partial charge is 0.338 e. The highest BCUT2D eigenvalue weighted by Gasteiger charge is 2.52. The Bertz CT molecular complexity index is 905. The van der Waals surface area contributed by atoms with Crippen LogP contribution in [0, 0.1) is 0 Å². The van der Waals surface area contributed by atoms with Gasteiger partial charge in [0.15, 0.2) is 17.8 Å². The molecule has 6 atom stereocenters. The van der Waals surface area contributed by atoms with Crippen molar-refractivity contribution in [3.05, 3.63) is 23.9 Å². The number of aliphatic carboxylic acids is 1. The predicted octanol–water partition coefficient (Wildman–Crippen LogP) is -5.58. The molecular formula is C19H32N8O8. The van der Waals surface area contributed by atoms with Crippen LogP contribution in [-0.4, -0.2) is 117 Å². The lowest BCUT2D eigenvalue weighted by molar-refractivity contribution is -0.200. The number of ether oxygens (including phenoxy) is 1. The van der Waals surface area contributed by atoms with Crippen LogP contribution in [0.1, 0.15) is 6.42 Å². The largest absolute Gasteiger partial charge is 0.479 e. The summed E-state index contributed by atoms with van der Waals surface area (Å²) < 4.78 is 5.89. The van der Waals surface area contributed by atoms with Gasteiger partial charge < -0.3 is 63.4 Å². The Balaban J connectivity index is 2.40. The molecule has 0 radical (unpaired) electrons. The van der Waals surface area contributed by atoms with E-state index >= 15 is 0 Å². The normalized spacial score (nSPS) is 25.5. The number of carbonyl (C=O) groups is 2. The van der Waals surface area contributed by atoms with E-state index in [-0.39, 0.29) is 24.0 Å². The van der Waals surface area contributed by atoms with Crippen molar-refractivity contribution in [3.63, 3.8) is 0 Å². The van der Waals surface area contributed by atoms with Gasteiger partial charge in [-0.05, 0) is 6.08 Å². The molecule has 2 aliphatic rings. The second kappa shape index (κ2) is 11.9. The predicted molar refractivity (Wildman–Crippen MR) is 122 cm³/mol. The molecule has 0 bridgehead atoms. The number of carboxylic acid groups (broad SMARTS) is 1. The number of guanidine groups is 1. The number of nitrogens with two attached hydrogens (primary N) is 4. The minimum atomic E-state index is -2.75. The second-order valence-corrected chi connectivity index (χ2v) is 8.02. The zero-order valence-electron chi connectivity index (χ0n) is 18.8. The van der Waals surface area contributed by atoms with E-state index in [4.69, 9.17) is 32.8 Å². The minimum absolute atomic E-state index is 0.0118.